The molecule has 0 radical (unpaired) electrons. The average molecular weight is 259 g/mol. The van der Waals surface area contributed by atoms with Crippen LogP contribution in [0.2, 0.25) is 0 Å². The molecule has 1 aromatic carbocycles. The van der Waals surface area contributed by atoms with E-state index in [-0.39, 0.29) is 5.41 Å². The molecule has 96 valence electrons. The molecule has 0 spiro atoms. The Morgan fingerprint density at radius 2 is 1.72 bits per heavy atom. The fourth-order valence-electron chi connectivity index (χ4n) is 2.48. The molecule has 2 heteroatoms. The zero-order valence-electron chi connectivity index (χ0n) is 12.1. The Kier molecular flexibility index (Phi) is 3.33. The molecule has 0 saturated carbocycles. The number of rotatable bonds is 1. The molecule has 0 saturated heterocycles. The highest BCUT2D eigenvalue weighted by molar-refractivity contribution is 7.15. The van der Waals surface area contributed by atoms with Gasteiger partial charge in [0.05, 0.1) is 15.6 Å². The summed E-state index contributed by atoms with van der Waals surface area (Å²) in [4.78, 5) is 5.85. The van der Waals surface area contributed by atoms with Gasteiger partial charge >= 0.3 is 0 Å². The first-order valence-corrected chi connectivity index (χ1v) is 7.17. The van der Waals surface area contributed by atoms with Crippen LogP contribution in [0.15, 0.2) is 18.2 Å². The normalized spacial score (nSPS) is 11.9. The van der Waals surface area contributed by atoms with Gasteiger partial charge in [0.25, 0.3) is 0 Å². The molecule has 0 fully saturated rings. The number of hydrogen-bond acceptors (Lipinski definition) is 2. The highest BCUT2D eigenvalue weighted by Gasteiger charge is 2.19. The van der Waals surface area contributed by atoms with Gasteiger partial charge in [0, 0.05) is 0 Å². The van der Waals surface area contributed by atoms with Crippen molar-refractivity contribution in [2.45, 2.75) is 47.0 Å². The van der Waals surface area contributed by atoms with E-state index in [1.165, 1.54) is 21.6 Å². The predicted octanol–water partition coefficient (Wildman–Crippen LogP) is 5.03. The first-order valence-electron chi connectivity index (χ1n) is 6.35. The number of thiazole rings is 1. The van der Waals surface area contributed by atoms with Crippen LogP contribution in [0.25, 0.3) is 10.4 Å². The van der Waals surface area contributed by atoms with E-state index in [0.29, 0.717) is 0 Å². The molecule has 1 aromatic heterocycles. The minimum Gasteiger partial charge on any atom is -0.246 e. The maximum atomic E-state index is 4.54. The smallest absolute Gasteiger partial charge is 0.0903 e. The molecule has 1 heterocycles. The Balaban J connectivity index is 2.63. The summed E-state index contributed by atoms with van der Waals surface area (Å²) in [7, 11) is 0. The third-order valence-electron chi connectivity index (χ3n) is 3.29. The SMILES string of the molecule is Cc1nc(C)c(-c2cccc(C(C)(C)C)c2C)s1. The third kappa shape index (κ3) is 2.35. The lowest BCUT2D eigenvalue weighted by Crippen LogP contribution is -2.13. The standard InChI is InChI=1S/C16H21NS/c1-10-13(15-11(2)17-12(3)18-15)8-7-9-14(10)16(4,5)6/h7-9H,1-6H3. The Morgan fingerprint density at radius 3 is 2.22 bits per heavy atom. The topological polar surface area (TPSA) is 12.9 Å². The van der Waals surface area contributed by atoms with Gasteiger partial charge in [-0.3, -0.25) is 0 Å². The molecule has 0 aliphatic heterocycles. The molecular formula is C16H21NS. The van der Waals surface area contributed by atoms with E-state index in [1.807, 2.05) is 0 Å². The van der Waals surface area contributed by atoms with Crippen molar-refractivity contribution in [3.05, 3.63) is 40.0 Å². The van der Waals surface area contributed by atoms with Crippen LogP contribution in [0, 0.1) is 20.8 Å². The van der Waals surface area contributed by atoms with Crippen molar-refractivity contribution in [1.29, 1.82) is 0 Å². The highest BCUT2D eigenvalue weighted by Crippen LogP contribution is 2.36. The minimum absolute atomic E-state index is 0.188. The Labute approximate surface area is 114 Å². The molecule has 2 aromatic rings. The van der Waals surface area contributed by atoms with Crippen molar-refractivity contribution in [3.63, 3.8) is 0 Å². The molecule has 0 aliphatic carbocycles. The van der Waals surface area contributed by atoms with Gasteiger partial charge in [-0.15, -0.1) is 11.3 Å². The lowest BCUT2D eigenvalue weighted by atomic mass is 9.82. The molecule has 0 unspecified atom stereocenters. The van der Waals surface area contributed by atoms with Gasteiger partial charge in [-0.1, -0.05) is 39.0 Å². The van der Waals surface area contributed by atoms with Crippen molar-refractivity contribution in [1.82, 2.24) is 4.98 Å². The summed E-state index contributed by atoms with van der Waals surface area (Å²) < 4.78 is 0. The number of hydrogen-bond donors (Lipinski definition) is 0. The first-order chi connectivity index (χ1) is 8.30. The summed E-state index contributed by atoms with van der Waals surface area (Å²) in [5, 5.41) is 1.14. The molecule has 18 heavy (non-hydrogen) atoms. The van der Waals surface area contributed by atoms with Gasteiger partial charge in [-0.2, -0.15) is 0 Å². The largest absolute Gasteiger partial charge is 0.246 e. The van der Waals surface area contributed by atoms with Gasteiger partial charge in [0.15, 0.2) is 0 Å². The monoisotopic (exact) mass is 259 g/mol. The van der Waals surface area contributed by atoms with Gasteiger partial charge in [-0.05, 0) is 42.9 Å². The molecule has 0 atom stereocenters. The Bertz CT molecular complexity index is 573. The van der Waals surface area contributed by atoms with Crippen molar-refractivity contribution in [2.75, 3.05) is 0 Å². The van der Waals surface area contributed by atoms with Gasteiger partial charge < -0.3 is 0 Å². The van der Waals surface area contributed by atoms with E-state index in [4.69, 9.17) is 0 Å². The van der Waals surface area contributed by atoms with Crippen LogP contribution in [0.3, 0.4) is 0 Å². The Hall–Kier alpha value is -1.15. The second-order valence-electron chi connectivity index (χ2n) is 5.88. The summed E-state index contributed by atoms with van der Waals surface area (Å²) >= 11 is 1.79. The van der Waals surface area contributed by atoms with Crippen molar-refractivity contribution < 1.29 is 0 Å². The predicted molar refractivity (Wildman–Crippen MR) is 80.5 cm³/mol. The molecule has 0 aliphatic rings. The molecule has 0 amide bonds. The third-order valence-corrected chi connectivity index (χ3v) is 4.40. The molecule has 2 rings (SSSR count). The zero-order chi connectivity index (χ0) is 13.5. The van der Waals surface area contributed by atoms with Crippen molar-refractivity contribution in [2.24, 2.45) is 0 Å². The zero-order valence-corrected chi connectivity index (χ0v) is 12.9. The lowest BCUT2D eigenvalue weighted by molar-refractivity contribution is 0.586. The number of aromatic nitrogens is 1. The van der Waals surface area contributed by atoms with Crippen LogP contribution in [-0.4, -0.2) is 4.98 Å². The van der Waals surface area contributed by atoms with Crippen LogP contribution in [0.1, 0.15) is 42.6 Å². The summed E-state index contributed by atoms with van der Waals surface area (Å²) in [6, 6.07) is 6.62. The summed E-state index contributed by atoms with van der Waals surface area (Å²) in [5.74, 6) is 0. The van der Waals surface area contributed by atoms with Crippen molar-refractivity contribution >= 4 is 11.3 Å². The highest BCUT2D eigenvalue weighted by atomic mass is 32.1. The first kappa shape index (κ1) is 13.3. The van der Waals surface area contributed by atoms with E-state index in [0.717, 1.165) is 10.7 Å². The van der Waals surface area contributed by atoms with Gasteiger partial charge in [-0.25, -0.2) is 4.98 Å². The quantitative estimate of drug-likeness (QED) is 0.699. The van der Waals surface area contributed by atoms with Crippen LogP contribution in [0.5, 0.6) is 0 Å². The summed E-state index contributed by atoms with van der Waals surface area (Å²) in [6.45, 7) is 13.2. The second-order valence-corrected chi connectivity index (χ2v) is 7.08. The second kappa shape index (κ2) is 4.51. The van der Waals surface area contributed by atoms with Gasteiger partial charge in [0.2, 0.25) is 0 Å². The number of aryl methyl sites for hydroxylation is 2. The Morgan fingerprint density at radius 1 is 1.06 bits per heavy atom. The van der Waals surface area contributed by atoms with Crippen LogP contribution < -0.4 is 0 Å². The fourth-order valence-corrected chi connectivity index (χ4v) is 3.48. The molecule has 0 bridgehead atoms. The fraction of sp³-hybridized carbons (Fsp3) is 0.438. The maximum Gasteiger partial charge on any atom is 0.0903 e. The van der Waals surface area contributed by atoms with Crippen LogP contribution in [-0.2, 0) is 5.41 Å². The van der Waals surface area contributed by atoms with Crippen molar-refractivity contribution in [3.8, 4) is 10.4 Å². The van der Waals surface area contributed by atoms with E-state index >= 15 is 0 Å². The lowest BCUT2D eigenvalue weighted by Gasteiger charge is -2.23. The molecule has 0 N–H and O–H groups in total. The van der Waals surface area contributed by atoms with E-state index in [9.17, 15) is 0 Å². The van der Waals surface area contributed by atoms with Gasteiger partial charge in [0.1, 0.15) is 0 Å². The molecule has 1 nitrogen and oxygen atoms in total. The van der Waals surface area contributed by atoms with Crippen LogP contribution in [0.4, 0.5) is 0 Å². The molecular weight excluding hydrogens is 238 g/mol. The summed E-state index contributed by atoms with van der Waals surface area (Å²) in [5.41, 5.74) is 5.48. The average Bonchev–Trinajstić information content (AvgIpc) is 2.56. The van der Waals surface area contributed by atoms with E-state index in [2.05, 4.69) is 64.7 Å². The number of nitrogens with zero attached hydrogens (tertiary/aromatic N) is 1. The van der Waals surface area contributed by atoms with Crippen LogP contribution >= 0.6 is 11.3 Å². The minimum atomic E-state index is 0.188. The van der Waals surface area contributed by atoms with E-state index < -0.39 is 0 Å². The van der Waals surface area contributed by atoms with E-state index in [1.54, 1.807) is 11.3 Å². The summed E-state index contributed by atoms with van der Waals surface area (Å²) in [6.07, 6.45) is 0. The maximum absolute atomic E-state index is 4.54. The number of benzene rings is 1.